The van der Waals surface area contributed by atoms with Gasteiger partial charge in [-0.3, -0.25) is 0 Å². The number of hydrogen-bond acceptors (Lipinski definition) is 3. The van der Waals surface area contributed by atoms with Crippen molar-refractivity contribution in [3.05, 3.63) is 29.8 Å². The van der Waals surface area contributed by atoms with Crippen LogP contribution in [0.5, 0.6) is 5.75 Å². The van der Waals surface area contributed by atoms with Gasteiger partial charge in [0.25, 0.3) is 0 Å². The van der Waals surface area contributed by atoms with Crippen molar-refractivity contribution >= 4 is 0 Å². The molecular formula is C16H27NO2. The van der Waals surface area contributed by atoms with E-state index in [0.717, 1.165) is 37.2 Å². The van der Waals surface area contributed by atoms with Gasteiger partial charge in [-0.1, -0.05) is 26.0 Å². The molecule has 0 saturated carbocycles. The van der Waals surface area contributed by atoms with Crippen LogP contribution in [-0.2, 0) is 11.3 Å². The van der Waals surface area contributed by atoms with Crippen LogP contribution < -0.4 is 10.1 Å². The van der Waals surface area contributed by atoms with Crippen LogP contribution in [0.15, 0.2) is 24.3 Å². The third-order valence-electron chi connectivity index (χ3n) is 3.25. The Bertz CT molecular complexity index is 368. The zero-order valence-corrected chi connectivity index (χ0v) is 12.7. The second-order valence-electron chi connectivity index (χ2n) is 5.16. The molecule has 0 aliphatic carbocycles. The first-order chi connectivity index (χ1) is 9.13. The predicted octanol–water partition coefficient (Wildman–Crippen LogP) is 3.38. The van der Waals surface area contributed by atoms with Gasteiger partial charge in [0.1, 0.15) is 11.4 Å². The van der Waals surface area contributed by atoms with Crippen molar-refractivity contribution in [2.75, 3.05) is 20.2 Å². The largest absolute Gasteiger partial charge is 0.486 e. The fraction of sp³-hybridized carbons (Fsp3) is 0.625. The van der Waals surface area contributed by atoms with Crippen molar-refractivity contribution in [2.45, 2.75) is 45.8 Å². The Kier molecular flexibility index (Phi) is 6.89. The zero-order chi connectivity index (χ0) is 14.1. The average Bonchev–Trinajstić information content (AvgIpc) is 2.40. The van der Waals surface area contributed by atoms with Gasteiger partial charge in [0.2, 0.25) is 0 Å². The molecule has 0 aliphatic rings. The number of methoxy groups -OCH3 is 1. The molecule has 0 heterocycles. The summed E-state index contributed by atoms with van der Waals surface area (Å²) in [5, 5.41) is 3.44. The highest BCUT2D eigenvalue weighted by Crippen LogP contribution is 2.22. The molecule has 0 aromatic heterocycles. The fourth-order valence-electron chi connectivity index (χ4n) is 1.91. The number of rotatable bonds is 9. The van der Waals surface area contributed by atoms with E-state index in [4.69, 9.17) is 9.47 Å². The van der Waals surface area contributed by atoms with Gasteiger partial charge in [-0.05, 0) is 44.0 Å². The Labute approximate surface area is 117 Å². The summed E-state index contributed by atoms with van der Waals surface area (Å²) in [5.74, 6) is 0.914. The molecule has 19 heavy (non-hydrogen) atoms. The molecular weight excluding hydrogens is 238 g/mol. The molecule has 0 radical (unpaired) electrons. The smallest absolute Gasteiger partial charge is 0.120 e. The topological polar surface area (TPSA) is 30.5 Å². The van der Waals surface area contributed by atoms with Gasteiger partial charge in [-0.2, -0.15) is 0 Å². The van der Waals surface area contributed by atoms with E-state index in [0.29, 0.717) is 6.61 Å². The third-order valence-corrected chi connectivity index (χ3v) is 3.25. The van der Waals surface area contributed by atoms with E-state index >= 15 is 0 Å². The van der Waals surface area contributed by atoms with Crippen LogP contribution in [0, 0.1) is 0 Å². The molecule has 3 heteroatoms. The highest BCUT2D eigenvalue weighted by atomic mass is 16.5. The number of hydrogen-bond donors (Lipinski definition) is 1. The van der Waals surface area contributed by atoms with E-state index in [1.165, 1.54) is 0 Å². The molecule has 0 aliphatic heterocycles. The molecule has 0 amide bonds. The molecule has 1 unspecified atom stereocenters. The first kappa shape index (κ1) is 16.0. The first-order valence-electron chi connectivity index (χ1n) is 7.11. The van der Waals surface area contributed by atoms with Crippen molar-refractivity contribution < 1.29 is 9.47 Å². The maximum Gasteiger partial charge on any atom is 0.120 e. The van der Waals surface area contributed by atoms with Crippen molar-refractivity contribution in [2.24, 2.45) is 0 Å². The Morgan fingerprint density at radius 2 is 2.05 bits per heavy atom. The molecule has 108 valence electrons. The summed E-state index contributed by atoms with van der Waals surface area (Å²) in [5.41, 5.74) is 0.973. The molecule has 3 nitrogen and oxygen atoms in total. The van der Waals surface area contributed by atoms with Crippen molar-refractivity contribution in [3.8, 4) is 5.75 Å². The van der Waals surface area contributed by atoms with E-state index in [1.54, 1.807) is 7.11 Å². The van der Waals surface area contributed by atoms with Crippen molar-refractivity contribution in [1.82, 2.24) is 5.32 Å². The van der Waals surface area contributed by atoms with Gasteiger partial charge in [0, 0.05) is 13.7 Å². The Morgan fingerprint density at radius 1 is 1.26 bits per heavy atom. The van der Waals surface area contributed by atoms with Gasteiger partial charge in [-0.25, -0.2) is 0 Å². The lowest BCUT2D eigenvalue weighted by Crippen LogP contribution is -2.42. The maximum absolute atomic E-state index is 6.17. The summed E-state index contributed by atoms with van der Waals surface area (Å²) in [4.78, 5) is 0. The van der Waals surface area contributed by atoms with Gasteiger partial charge in [-0.15, -0.1) is 0 Å². The van der Waals surface area contributed by atoms with E-state index in [1.807, 2.05) is 12.1 Å². The Morgan fingerprint density at radius 3 is 2.68 bits per heavy atom. The van der Waals surface area contributed by atoms with Crippen LogP contribution in [0.3, 0.4) is 0 Å². The standard InChI is InChI=1S/C16H27NO2/c1-5-10-17-13-16(3,6-2)19-15-9-7-8-14(11-15)12-18-4/h7-9,11,17H,5-6,10,12-13H2,1-4H3. The molecule has 1 aromatic carbocycles. The predicted molar refractivity (Wildman–Crippen MR) is 79.6 cm³/mol. The van der Waals surface area contributed by atoms with Crippen LogP contribution >= 0.6 is 0 Å². The minimum absolute atomic E-state index is 0.166. The summed E-state index contributed by atoms with van der Waals surface area (Å²) in [7, 11) is 1.71. The van der Waals surface area contributed by atoms with E-state index in [-0.39, 0.29) is 5.60 Å². The molecule has 0 saturated heterocycles. The summed E-state index contributed by atoms with van der Waals surface area (Å²) < 4.78 is 11.3. The summed E-state index contributed by atoms with van der Waals surface area (Å²) in [6, 6.07) is 8.12. The minimum Gasteiger partial charge on any atom is -0.486 e. The third kappa shape index (κ3) is 5.62. The highest BCUT2D eigenvalue weighted by Gasteiger charge is 2.23. The van der Waals surface area contributed by atoms with Crippen LogP contribution in [0.4, 0.5) is 0 Å². The van der Waals surface area contributed by atoms with Gasteiger partial charge < -0.3 is 14.8 Å². The van der Waals surface area contributed by atoms with Crippen LogP contribution in [0.2, 0.25) is 0 Å². The lowest BCUT2D eigenvalue weighted by molar-refractivity contribution is 0.0834. The number of benzene rings is 1. The molecule has 1 atom stereocenters. The van der Waals surface area contributed by atoms with E-state index in [2.05, 4.69) is 38.2 Å². The quantitative estimate of drug-likeness (QED) is 0.694. The summed E-state index contributed by atoms with van der Waals surface area (Å²) in [6.07, 6.45) is 2.11. The number of nitrogens with one attached hydrogen (secondary N) is 1. The number of ether oxygens (including phenoxy) is 2. The minimum atomic E-state index is -0.166. The lowest BCUT2D eigenvalue weighted by Gasteiger charge is -2.30. The normalized spacial score (nSPS) is 14.1. The Balaban J connectivity index is 2.65. The van der Waals surface area contributed by atoms with Crippen molar-refractivity contribution in [1.29, 1.82) is 0 Å². The van der Waals surface area contributed by atoms with Crippen LogP contribution in [-0.4, -0.2) is 25.8 Å². The van der Waals surface area contributed by atoms with Gasteiger partial charge in [0.15, 0.2) is 0 Å². The molecule has 1 aromatic rings. The molecule has 1 N–H and O–H groups in total. The monoisotopic (exact) mass is 265 g/mol. The average molecular weight is 265 g/mol. The fourth-order valence-corrected chi connectivity index (χ4v) is 1.91. The molecule has 1 rings (SSSR count). The zero-order valence-electron chi connectivity index (χ0n) is 12.7. The Hall–Kier alpha value is -1.06. The molecule has 0 spiro atoms. The van der Waals surface area contributed by atoms with E-state index < -0.39 is 0 Å². The maximum atomic E-state index is 6.17. The summed E-state index contributed by atoms with van der Waals surface area (Å²) in [6.45, 7) is 9.00. The van der Waals surface area contributed by atoms with Gasteiger partial charge >= 0.3 is 0 Å². The van der Waals surface area contributed by atoms with Crippen molar-refractivity contribution in [3.63, 3.8) is 0 Å². The van der Waals surface area contributed by atoms with Crippen LogP contribution in [0.25, 0.3) is 0 Å². The molecule has 0 fully saturated rings. The lowest BCUT2D eigenvalue weighted by atomic mass is 10.0. The highest BCUT2D eigenvalue weighted by molar-refractivity contribution is 5.28. The second kappa shape index (κ2) is 8.18. The summed E-state index contributed by atoms with van der Waals surface area (Å²) >= 11 is 0. The van der Waals surface area contributed by atoms with Gasteiger partial charge in [0.05, 0.1) is 6.61 Å². The van der Waals surface area contributed by atoms with Crippen LogP contribution in [0.1, 0.15) is 39.2 Å². The SMILES string of the molecule is CCCNCC(C)(CC)Oc1cccc(COC)c1. The van der Waals surface area contributed by atoms with E-state index in [9.17, 15) is 0 Å². The second-order valence-corrected chi connectivity index (χ2v) is 5.16. The first-order valence-corrected chi connectivity index (χ1v) is 7.11. The molecule has 0 bridgehead atoms.